The minimum Gasteiger partial charge on any atom is -0.480 e. The number of carboxylic acids is 1. The fourth-order valence-electron chi connectivity index (χ4n) is 3.94. The molecule has 0 bridgehead atoms. The zero-order valence-electron chi connectivity index (χ0n) is 13.8. The van der Waals surface area contributed by atoms with Crippen LogP contribution in [0.15, 0.2) is 0 Å². The molecule has 0 spiro atoms. The Bertz CT molecular complexity index is 380. The van der Waals surface area contributed by atoms with Gasteiger partial charge in [-0.1, -0.05) is 26.2 Å². The van der Waals surface area contributed by atoms with Crippen LogP contribution in [0.5, 0.6) is 0 Å². The molecule has 0 aromatic heterocycles. The minimum absolute atomic E-state index is 0.0181. The van der Waals surface area contributed by atoms with Gasteiger partial charge in [-0.25, -0.2) is 4.79 Å². The molecule has 2 fully saturated rings. The van der Waals surface area contributed by atoms with Gasteiger partial charge < -0.3 is 14.9 Å². The van der Waals surface area contributed by atoms with E-state index in [1.165, 1.54) is 32.1 Å². The number of amides is 1. The molecule has 5 nitrogen and oxygen atoms in total. The molecule has 2 aliphatic rings. The summed E-state index contributed by atoms with van der Waals surface area (Å²) in [5.41, 5.74) is 0. The second kappa shape index (κ2) is 8.51. The number of carbonyl (C=O) groups excluding carboxylic acids is 1. The second-order valence-corrected chi connectivity index (χ2v) is 6.61. The smallest absolute Gasteiger partial charge is 0.326 e. The van der Waals surface area contributed by atoms with E-state index in [-0.39, 0.29) is 5.91 Å². The van der Waals surface area contributed by atoms with Crippen molar-refractivity contribution >= 4 is 11.9 Å². The molecular formula is C17H30N2O3. The summed E-state index contributed by atoms with van der Waals surface area (Å²) >= 11 is 0. The number of rotatable bonds is 7. The molecule has 126 valence electrons. The standard InChI is InChI=1S/C17H30N2O3/c1-2-18(14-8-4-3-5-9-14)12-7-11-16(20)19-13-6-10-15(19)17(21)22/h14-15H,2-13H2,1H3,(H,21,22). The van der Waals surface area contributed by atoms with Crippen LogP contribution >= 0.6 is 0 Å². The lowest BCUT2D eigenvalue weighted by Gasteiger charge is -2.33. The van der Waals surface area contributed by atoms with Crippen LogP contribution in [-0.4, -0.2) is 58.5 Å². The van der Waals surface area contributed by atoms with Crippen LogP contribution in [-0.2, 0) is 9.59 Å². The third kappa shape index (κ3) is 4.45. The van der Waals surface area contributed by atoms with Crippen molar-refractivity contribution in [1.82, 2.24) is 9.80 Å². The van der Waals surface area contributed by atoms with E-state index in [2.05, 4.69) is 11.8 Å². The number of likely N-dealkylation sites (tertiary alicyclic amines) is 1. The highest BCUT2D eigenvalue weighted by molar-refractivity contribution is 5.84. The van der Waals surface area contributed by atoms with Gasteiger partial charge in [0.25, 0.3) is 0 Å². The van der Waals surface area contributed by atoms with Gasteiger partial charge in [0.2, 0.25) is 5.91 Å². The zero-order valence-corrected chi connectivity index (χ0v) is 13.8. The fourth-order valence-corrected chi connectivity index (χ4v) is 3.94. The molecule has 1 heterocycles. The van der Waals surface area contributed by atoms with Crippen molar-refractivity contribution < 1.29 is 14.7 Å². The maximum absolute atomic E-state index is 12.3. The molecule has 1 saturated heterocycles. The number of nitrogens with zero attached hydrogens (tertiary/aromatic N) is 2. The summed E-state index contributed by atoms with van der Waals surface area (Å²) in [5, 5.41) is 9.15. The second-order valence-electron chi connectivity index (χ2n) is 6.61. The maximum Gasteiger partial charge on any atom is 0.326 e. The topological polar surface area (TPSA) is 60.9 Å². The monoisotopic (exact) mass is 310 g/mol. The van der Waals surface area contributed by atoms with Crippen molar-refractivity contribution in [2.75, 3.05) is 19.6 Å². The largest absolute Gasteiger partial charge is 0.480 e. The Morgan fingerprint density at radius 2 is 1.86 bits per heavy atom. The van der Waals surface area contributed by atoms with E-state index in [4.69, 9.17) is 5.11 Å². The van der Waals surface area contributed by atoms with Crippen LogP contribution in [0.3, 0.4) is 0 Å². The predicted molar refractivity (Wildman–Crippen MR) is 85.7 cm³/mol. The lowest BCUT2D eigenvalue weighted by atomic mass is 9.94. The Hall–Kier alpha value is -1.10. The van der Waals surface area contributed by atoms with Gasteiger partial charge in [0.15, 0.2) is 0 Å². The van der Waals surface area contributed by atoms with Gasteiger partial charge >= 0.3 is 5.97 Å². The maximum atomic E-state index is 12.3. The summed E-state index contributed by atoms with van der Waals surface area (Å²) < 4.78 is 0. The first kappa shape index (κ1) is 17.3. The lowest BCUT2D eigenvalue weighted by molar-refractivity contribution is -0.148. The lowest BCUT2D eigenvalue weighted by Crippen LogP contribution is -2.41. The van der Waals surface area contributed by atoms with Gasteiger partial charge in [-0.15, -0.1) is 0 Å². The summed E-state index contributed by atoms with van der Waals surface area (Å²) in [7, 11) is 0. The molecule has 1 atom stereocenters. The van der Waals surface area contributed by atoms with E-state index >= 15 is 0 Å². The number of aliphatic carboxylic acids is 1. The number of hydrogen-bond donors (Lipinski definition) is 1. The first-order chi connectivity index (χ1) is 10.6. The third-order valence-corrected chi connectivity index (χ3v) is 5.19. The highest BCUT2D eigenvalue weighted by Crippen LogP contribution is 2.23. The number of carbonyl (C=O) groups is 2. The van der Waals surface area contributed by atoms with Crippen LogP contribution in [0.25, 0.3) is 0 Å². The first-order valence-corrected chi connectivity index (χ1v) is 8.89. The van der Waals surface area contributed by atoms with Crippen molar-refractivity contribution in [1.29, 1.82) is 0 Å². The molecule has 1 aliphatic carbocycles. The van der Waals surface area contributed by atoms with Crippen molar-refractivity contribution in [3.8, 4) is 0 Å². The van der Waals surface area contributed by atoms with Crippen LogP contribution in [0.4, 0.5) is 0 Å². The molecule has 1 unspecified atom stereocenters. The number of hydrogen-bond acceptors (Lipinski definition) is 3. The highest BCUT2D eigenvalue weighted by atomic mass is 16.4. The van der Waals surface area contributed by atoms with Crippen LogP contribution < -0.4 is 0 Å². The Balaban J connectivity index is 1.74. The van der Waals surface area contributed by atoms with Gasteiger partial charge in [0.1, 0.15) is 6.04 Å². The van der Waals surface area contributed by atoms with Gasteiger partial charge in [0, 0.05) is 19.0 Å². The average Bonchev–Trinajstić information content (AvgIpc) is 3.02. The SMILES string of the molecule is CCN(CCCC(=O)N1CCCC1C(=O)O)C1CCCCC1. The van der Waals surface area contributed by atoms with Crippen LogP contribution in [0.1, 0.15) is 64.7 Å². The van der Waals surface area contributed by atoms with Gasteiger partial charge in [-0.3, -0.25) is 4.79 Å². The molecule has 1 amide bonds. The zero-order chi connectivity index (χ0) is 15.9. The molecule has 0 aromatic rings. The first-order valence-electron chi connectivity index (χ1n) is 8.89. The van der Waals surface area contributed by atoms with Gasteiger partial charge in [-0.05, 0) is 45.2 Å². The quantitative estimate of drug-likeness (QED) is 0.785. The molecule has 5 heteroatoms. The molecule has 0 aromatic carbocycles. The number of carboxylic acid groups (broad SMARTS) is 1. The van der Waals surface area contributed by atoms with E-state index in [0.717, 1.165) is 25.9 Å². The molecular weight excluding hydrogens is 280 g/mol. The summed E-state index contributed by atoms with van der Waals surface area (Å²) in [5.74, 6) is -0.840. The molecule has 1 aliphatic heterocycles. The molecule has 0 radical (unpaired) electrons. The van der Waals surface area contributed by atoms with Crippen LogP contribution in [0.2, 0.25) is 0 Å². The van der Waals surface area contributed by atoms with E-state index < -0.39 is 12.0 Å². The van der Waals surface area contributed by atoms with Crippen LogP contribution in [0, 0.1) is 0 Å². The predicted octanol–water partition coefficient (Wildman–Crippen LogP) is 2.50. The third-order valence-electron chi connectivity index (χ3n) is 5.19. The highest BCUT2D eigenvalue weighted by Gasteiger charge is 2.33. The molecule has 1 saturated carbocycles. The summed E-state index contributed by atoms with van der Waals surface area (Å²) in [6, 6.07) is 0.0977. The van der Waals surface area contributed by atoms with Crippen molar-refractivity contribution in [2.24, 2.45) is 0 Å². The van der Waals surface area contributed by atoms with Gasteiger partial charge in [-0.2, -0.15) is 0 Å². The molecule has 22 heavy (non-hydrogen) atoms. The van der Waals surface area contributed by atoms with Gasteiger partial charge in [0.05, 0.1) is 0 Å². The molecule has 1 N–H and O–H groups in total. The Labute approximate surface area is 133 Å². The normalized spacial score (nSPS) is 23.2. The van der Waals surface area contributed by atoms with Crippen molar-refractivity contribution in [2.45, 2.75) is 76.8 Å². The summed E-state index contributed by atoms with van der Waals surface area (Å²) in [4.78, 5) is 27.5. The Morgan fingerprint density at radius 3 is 2.50 bits per heavy atom. The minimum atomic E-state index is -0.858. The average molecular weight is 310 g/mol. The van der Waals surface area contributed by atoms with Crippen molar-refractivity contribution in [3.05, 3.63) is 0 Å². The van der Waals surface area contributed by atoms with E-state index in [1.807, 2.05) is 0 Å². The summed E-state index contributed by atoms with van der Waals surface area (Å²) in [6.07, 6.45) is 9.32. The van der Waals surface area contributed by atoms with E-state index in [0.29, 0.717) is 25.4 Å². The van der Waals surface area contributed by atoms with E-state index in [1.54, 1.807) is 4.90 Å². The summed E-state index contributed by atoms with van der Waals surface area (Å²) in [6.45, 7) is 4.80. The van der Waals surface area contributed by atoms with E-state index in [9.17, 15) is 9.59 Å². The fraction of sp³-hybridized carbons (Fsp3) is 0.882. The van der Waals surface area contributed by atoms with Crippen molar-refractivity contribution in [3.63, 3.8) is 0 Å². The Kier molecular flexibility index (Phi) is 6.68. The Morgan fingerprint density at radius 1 is 1.14 bits per heavy atom. The molecule has 2 rings (SSSR count).